The van der Waals surface area contributed by atoms with Crippen LogP contribution in [0.5, 0.6) is 0 Å². The number of hydrogen-bond donors (Lipinski definition) is 0. The molecule has 1 unspecified atom stereocenters. The van der Waals surface area contributed by atoms with E-state index in [9.17, 15) is 0 Å². The molecule has 1 aromatic rings. The zero-order valence-electron chi connectivity index (χ0n) is 10.5. The summed E-state index contributed by atoms with van der Waals surface area (Å²) in [7, 11) is 4.11. The SMILES string of the molecule is CCCCC(Cl)Cc1ccc(N(C)C)cc1. The molecule has 0 aromatic heterocycles. The monoisotopic (exact) mass is 239 g/mol. The molecule has 0 heterocycles. The molecule has 1 rings (SSSR count). The summed E-state index contributed by atoms with van der Waals surface area (Å²) in [5, 5.41) is 0.283. The van der Waals surface area contributed by atoms with E-state index in [2.05, 4.69) is 50.2 Å². The van der Waals surface area contributed by atoms with Crippen LogP contribution < -0.4 is 4.90 Å². The van der Waals surface area contributed by atoms with E-state index in [-0.39, 0.29) is 5.38 Å². The molecule has 0 amide bonds. The summed E-state index contributed by atoms with van der Waals surface area (Å²) in [6.07, 6.45) is 4.55. The Hall–Kier alpha value is -0.690. The molecule has 0 radical (unpaired) electrons. The molecule has 0 aliphatic heterocycles. The topological polar surface area (TPSA) is 3.24 Å². The maximum atomic E-state index is 6.29. The molecule has 1 nitrogen and oxygen atoms in total. The van der Waals surface area contributed by atoms with E-state index in [1.807, 2.05) is 0 Å². The van der Waals surface area contributed by atoms with Gasteiger partial charge in [-0.3, -0.25) is 0 Å². The standard InChI is InChI=1S/C14H22ClN/c1-4-5-6-13(15)11-12-7-9-14(10-8-12)16(2)3/h7-10,13H,4-6,11H2,1-3H3. The van der Waals surface area contributed by atoms with Crippen molar-refractivity contribution >= 4 is 17.3 Å². The Balaban J connectivity index is 2.48. The van der Waals surface area contributed by atoms with Crippen molar-refractivity contribution in [2.24, 2.45) is 0 Å². The minimum Gasteiger partial charge on any atom is -0.378 e. The van der Waals surface area contributed by atoms with Crippen molar-refractivity contribution < 1.29 is 0 Å². The van der Waals surface area contributed by atoms with Crippen LogP contribution >= 0.6 is 11.6 Å². The Labute approximate surface area is 104 Å². The molecule has 16 heavy (non-hydrogen) atoms. The van der Waals surface area contributed by atoms with E-state index in [1.54, 1.807) is 0 Å². The molecule has 0 aliphatic rings. The summed E-state index contributed by atoms with van der Waals surface area (Å²) < 4.78 is 0. The first kappa shape index (κ1) is 13.4. The average molecular weight is 240 g/mol. The second-order valence-electron chi connectivity index (χ2n) is 4.50. The van der Waals surface area contributed by atoms with Crippen LogP contribution in [-0.2, 0) is 6.42 Å². The normalized spacial score (nSPS) is 12.5. The van der Waals surface area contributed by atoms with Crippen molar-refractivity contribution in [1.29, 1.82) is 0 Å². The molecule has 0 N–H and O–H groups in total. The summed E-state index contributed by atoms with van der Waals surface area (Å²) >= 11 is 6.29. The fourth-order valence-corrected chi connectivity index (χ4v) is 2.05. The third-order valence-corrected chi connectivity index (χ3v) is 3.15. The molecule has 0 aliphatic carbocycles. The minimum atomic E-state index is 0.283. The van der Waals surface area contributed by atoms with Gasteiger partial charge in [-0.25, -0.2) is 0 Å². The number of nitrogens with zero attached hydrogens (tertiary/aromatic N) is 1. The number of hydrogen-bond acceptors (Lipinski definition) is 1. The van der Waals surface area contributed by atoms with E-state index >= 15 is 0 Å². The number of halogens is 1. The van der Waals surface area contributed by atoms with Crippen LogP contribution in [0.15, 0.2) is 24.3 Å². The minimum absolute atomic E-state index is 0.283. The maximum absolute atomic E-state index is 6.29. The van der Waals surface area contributed by atoms with E-state index in [0.717, 1.165) is 12.8 Å². The molecule has 0 saturated heterocycles. The van der Waals surface area contributed by atoms with Gasteiger partial charge in [0.25, 0.3) is 0 Å². The number of unbranched alkanes of at least 4 members (excludes halogenated alkanes) is 1. The van der Waals surface area contributed by atoms with Crippen LogP contribution in [0.25, 0.3) is 0 Å². The van der Waals surface area contributed by atoms with Crippen molar-refractivity contribution in [3.8, 4) is 0 Å². The van der Waals surface area contributed by atoms with Gasteiger partial charge in [0.1, 0.15) is 0 Å². The van der Waals surface area contributed by atoms with Crippen molar-refractivity contribution in [2.45, 2.75) is 38.0 Å². The van der Waals surface area contributed by atoms with Crippen LogP contribution in [0.4, 0.5) is 5.69 Å². The zero-order valence-corrected chi connectivity index (χ0v) is 11.3. The van der Waals surface area contributed by atoms with Crippen LogP contribution in [0, 0.1) is 0 Å². The highest BCUT2D eigenvalue weighted by Gasteiger charge is 2.05. The first-order valence-electron chi connectivity index (χ1n) is 6.03. The molecular formula is C14H22ClN. The molecule has 90 valence electrons. The Bertz CT molecular complexity index is 292. The molecule has 0 spiro atoms. The van der Waals surface area contributed by atoms with Gasteiger partial charge in [0, 0.05) is 25.2 Å². The Kier molecular flexibility index (Phi) is 5.68. The molecule has 0 fully saturated rings. The average Bonchev–Trinajstić information content (AvgIpc) is 2.27. The van der Waals surface area contributed by atoms with Gasteiger partial charge in [-0.05, 0) is 30.5 Å². The molecule has 2 heteroatoms. The molecular weight excluding hydrogens is 218 g/mol. The fourth-order valence-electron chi connectivity index (χ4n) is 1.71. The summed E-state index contributed by atoms with van der Waals surface area (Å²) in [5.74, 6) is 0. The first-order valence-corrected chi connectivity index (χ1v) is 6.47. The first-order chi connectivity index (χ1) is 7.63. The Morgan fingerprint density at radius 1 is 1.19 bits per heavy atom. The number of rotatable bonds is 6. The van der Waals surface area contributed by atoms with Crippen LogP contribution in [0.3, 0.4) is 0 Å². The molecule has 1 atom stereocenters. The van der Waals surface area contributed by atoms with Gasteiger partial charge < -0.3 is 4.90 Å². The van der Waals surface area contributed by atoms with E-state index in [0.29, 0.717) is 0 Å². The lowest BCUT2D eigenvalue weighted by Crippen LogP contribution is -2.09. The fraction of sp³-hybridized carbons (Fsp3) is 0.571. The smallest absolute Gasteiger partial charge is 0.0376 e. The molecule has 0 bridgehead atoms. The van der Waals surface area contributed by atoms with Crippen LogP contribution in [-0.4, -0.2) is 19.5 Å². The van der Waals surface area contributed by atoms with Crippen LogP contribution in [0.2, 0.25) is 0 Å². The highest BCUT2D eigenvalue weighted by atomic mass is 35.5. The molecule has 1 aromatic carbocycles. The number of alkyl halides is 1. The van der Waals surface area contributed by atoms with Gasteiger partial charge in [-0.15, -0.1) is 11.6 Å². The molecule has 0 saturated carbocycles. The highest BCUT2D eigenvalue weighted by Crippen LogP contribution is 2.17. The Morgan fingerprint density at radius 3 is 2.31 bits per heavy atom. The van der Waals surface area contributed by atoms with Gasteiger partial charge in [0.2, 0.25) is 0 Å². The van der Waals surface area contributed by atoms with E-state index in [4.69, 9.17) is 11.6 Å². The predicted octanol–water partition coefficient (Wildman–Crippen LogP) is 4.09. The maximum Gasteiger partial charge on any atom is 0.0376 e. The van der Waals surface area contributed by atoms with Crippen LogP contribution in [0.1, 0.15) is 31.7 Å². The quantitative estimate of drug-likeness (QED) is 0.676. The Morgan fingerprint density at radius 2 is 1.81 bits per heavy atom. The predicted molar refractivity (Wildman–Crippen MR) is 73.6 cm³/mol. The van der Waals surface area contributed by atoms with E-state index < -0.39 is 0 Å². The lowest BCUT2D eigenvalue weighted by molar-refractivity contribution is 0.674. The second-order valence-corrected chi connectivity index (χ2v) is 5.12. The third kappa shape index (κ3) is 4.44. The summed E-state index contributed by atoms with van der Waals surface area (Å²) in [6, 6.07) is 8.66. The summed E-state index contributed by atoms with van der Waals surface area (Å²) in [4.78, 5) is 2.11. The van der Waals surface area contributed by atoms with Crippen molar-refractivity contribution in [3.63, 3.8) is 0 Å². The van der Waals surface area contributed by atoms with Crippen molar-refractivity contribution in [2.75, 3.05) is 19.0 Å². The van der Waals surface area contributed by atoms with Gasteiger partial charge in [-0.1, -0.05) is 31.9 Å². The summed E-state index contributed by atoms with van der Waals surface area (Å²) in [6.45, 7) is 2.20. The van der Waals surface area contributed by atoms with E-state index in [1.165, 1.54) is 24.1 Å². The van der Waals surface area contributed by atoms with Gasteiger partial charge in [0.05, 0.1) is 0 Å². The lowest BCUT2D eigenvalue weighted by Gasteiger charge is -2.13. The van der Waals surface area contributed by atoms with Crippen molar-refractivity contribution in [3.05, 3.63) is 29.8 Å². The largest absolute Gasteiger partial charge is 0.378 e. The third-order valence-electron chi connectivity index (χ3n) is 2.78. The summed E-state index contributed by atoms with van der Waals surface area (Å²) in [5.41, 5.74) is 2.57. The number of anilines is 1. The van der Waals surface area contributed by atoms with Crippen molar-refractivity contribution in [1.82, 2.24) is 0 Å². The van der Waals surface area contributed by atoms with Gasteiger partial charge in [0.15, 0.2) is 0 Å². The second kappa shape index (κ2) is 6.80. The number of benzene rings is 1. The van der Waals surface area contributed by atoms with Gasteiger partial charge in [-0.2, -0.15) is 0 Å². The highest BCUT2D eigenvalue weighted by molar-refractivity contribution is 6.20. The zero-order chi connectivity index (χ0) is 12.0. The lowest BCUT2D eigenvalue weighted by atomic mass is 10.1. The van der Waals surface area contributed by atoms with Gasteiger partial charge >= 0.3 is 0 Å².